The average Bonchev–Trinajstić information content (AvgIpc) is 2.86. The molecule has 2 amide bonds. The first kappa shape index (κ1) is 24.4. The van der Waals surface area contributed by atoms with Gasteiger partial charge < -0.3 is 25.2 Å². The summed E-state index contributed by atoms with van der Waals surface area (Å²) in [5, 5.41) is 23.1. The highest BCUT2D eigenvalue weighted by Gasteiger charge is 2.43. The third-order valence-corrected chi connectivity index (χ3v) is 6.38. The van der Waals surface area contributed by atoms with E-state index < -0.39 is 29.4 Å². The summed E-state index contributed by atoms with van der Waals surface area (Å²) >= 11 is 0. The zero-order valence-corrected chi connectivity index (χ0v) is 18.9. The molecule has 0 aromatic heterocycles. The topological polar surface area (TPSA) is 116 Å². The van der Waals surface area contributed by atoms with Crippen molar-refractivity contribution in [2.75, 3.05) is 20.2 Å². The largest absolute Gasteiger partial charge is 0.497 e. The van der Waals surface area contributed by atoms with E-state index in [0.717, 1.165) is 11.1 Å². The summed E-state index contributed by atoms with van der Waals surface area (Å²) in [6.45, 7) is 2.16. The molecule has 0 bridgehead atoms. The summed E-state index contributed by atoms with van der Waals surface area (Å²) in [5.41, 5.74) is 0.995. The molecule has 0 aliphatic carbocycles. The molecule has 2 aromatic rings. The van der Waals surface area contributed by atoms with Crippen LogP contribution in [0.2, 0.25) is 0 Å². The molecule has 1 heterocycles. The number of aliphatic hydroxyl groups excluding tert-OH is 2. The molecule has 3 rings (SSSR count). The fourth-order valence-corrected chi connectivity index (χ4v) is 4.21. The number of likely N-dealkylation sites (tertiary alicyclic amines) is 1. The molecule has 2 aromatic carbocycles. The molecule has 0 spiro atoms. The van der Waals surface area contributed by atoms with Gasteiger partial charge in [0.2, 0.25) is 0 Å². The molecule has 8 heteroatoms. The number of ketones is 1. The van der Waals surface area contributed by atoms with Gasteiger partial charge in [-0.1, -0.05) is 42.5 Å². The van der Waals surface area contributed by atoms with Crippen molar-refractivity contribution in [2.24, 2.45) is 0 Å². The standard InChI is InChI=1S/C25H30N2O6/c1-17(28)25(19-6-4-3-5-7-19)12-14-27(15-13-25)24(32)22(30)21(29)23(31)26-16-18-8-10-20(33-2)11-9-18/h3-11,21-22,29-30H,12-16H2,1-2H3,(H,26,31)/t21-,22?/m1/s1. The highest BCUT2D eigenvalue weighted by Crippen LogP contribution is 2.36. The van der Waals surface area contributed by atoms with Crippen molar-refractivity contribution in [3.63, 3.8) is 0 Å². The zero-order chi connectivity index (χ0) is 24.0. The number of hydrogen-bond donors (Lipinski definition) is 3. The molecule has 1 unspecified atom stereocenters. The maximum absolute atomic E-state index is 12.7. The Morgan fingerprint density at radius 3 is 2.15 bits per heavy atom. The van der Waals surface area contributed by atoms with Gasteiger partial charge in [0.15, 0.2) is 12.2 Å². The number of methoxy groups -OCH3 is 1. The van der Waals surface area contributed by atoms with E-state index in [0.29, 0.717) is 18.6 Å². The van der Waals surface area contributed by atoms with Crippen LogP contribution in [0, 0.1) is 0 Å². The normalized spacial score (nSPS) is 17.0. The highest BCUT2D eigenvalue weighted by molar-refractivity contribution is 5.91. The van der Waals surface area contributed by atoms with E-state index >= 15 is 0 Å². The lowest BCUT2D eigenvalue weighted by molar-refractivity contribution is -0.154. The summed E-state index contributed by atoms with van der Waals surface area (Å²) in [5.74, 6) is -0.869. The van der Waals surface area contributed by atoms with Crippen molar-refractivity contribution >= 4 is 17.6 Å². The van der Waals surface area contributed by atoms with E-state index in [1.54, 1.807) is 38.3 Å². The number of piperidine rings is 1. The van der Waals surface area contributed by atoms with Gasteiger partial charge in [-0.3, -0.25) is 14.4 Å². The summed E-state index contributed by atoms with van der Waals surface area (Å²) in [6.07, 6.45) is -2.97. The van der Waals surface area contributed by atoms with Crippen LogP contribution in [0.3, 0.4) is 0 Å². The number of aliphatic hydroxyl groups is 2. The Morgan fingerprint density at radius 2 is 1.61 bits per heavy atom. The van der Waals surface area contributed by atoms with Gasteiger partial charge in [-0.05, 0) is 43.0 Å². The van der Waals surface area contributed by atoms with Crippen molar-refractivity contribution < 1.29 is 29.3 Å². The van der Waals surface area contributed by atoms with Gasteiger partial charge in [-0.25, -0.2) is 0 Å². The van der Waals surface area contributed by atoms with Gasteiger partial charge in [0.05, 0.1) is 12.5 Å². The zero-order valence-electron chi connectivity index (χ0n) is 18.9. The quantitative estimate of drug-likeness (QED) is 0.552. The van der Waals surface area contributed by atoms with E-state index in [1.807, 2.05) is 30.3 Å². The summed E-state index contributed by atoms with van der Waals surface area (Å²) < 4.78 is 5.08. The first-order chi connectivity index (χ1) is 15.8. The monoisotopic (exact) mass is 454 g/mol. The number of nitrogens with one attached hydrogen (secondary N) is 1. The van der Waals surface area contributed by atoms with Gasteiger partial charge in [-0.2, -0.15) is 0 Å². The molecule has 0 saturated carbocycles. The van der Waals surface area contributed by atoms with Crippen molar-refractivity contribution in [3.05, 3.63) is 65.7 Å². The minimum atomic E-state index is -1.90. The molecule has 33 heavy (non-hydrogen) atoms. The number of ether oxygens (including phenoxy) is 1. The Labute approximate surface area is 193 Å². The first-order valence-corrected chi connectivity index (χ1v) is 10.9. The number of hydrogen-bond acceptors (Lipinski definition) is 6. The van der Waals surface area contributed by atoms with Crippen LogP contribution < -0.4 is 10.1 Å². The van der Waals surface area contributed by atoms with E-state index in [1.165, 1.54) is 4.90 Å². The number of rotatable bonds is 8. The fraction of sp³-hybridized carbons (Fsp3) is 0.400. The molecular formula is C25H30N2O6. The molecule has 1 fully saturated rings. The van der Waals surface area contributed by atoms with E-state index in [9.17, 15) is 24.6 Å². The number of amides is 2. The predicted molar refractivity (Wildman–Crippen MR) is 121 cm³/mol. The number of carbonyl (C=O) groups excluding carboxylic acids is 3. The van der Waals surface area contributed by atoms with Crippen molar-refractivity contribution in [1.82, 2.24) is 10.2 Å². The fourth-order valence-electron chi connectivity index (χ4n) is 4.21. The Bertz CT molecular complexity index is 968. The van der Waals surface area contributed by atoms with Gasteiger partial charge in [-0.15, -0.1) is 0 Å². The van der Waals surface area contributed by atoms with E-state index in [2.05, 4.69) is 5.32 Å². The minimum absolute atomic E-state index is 0.0271. The Kier molecular flexibility index (Phi) is 7.84. The molecule has 1 saturated heterocycles. The molecule has 2 atom stereocenters. The first-order valence-electron chi connectivity index (χ1n) is 10.9. The van der Waals surface area contributed by atoms with Gasteiger partial charge in [0, 0.05) is 19.6 Å². The van der Waals surface area contributed by atoms with Crippen molar-refractivity contribution in [1.29, 1.82) is 0 Å². The van der Waals surface area contributed by atoms with Crippen LogP contribution in [0.5, 0.6) is 5.75 Å². The predicted octanol–water partition coefficient (Wildman–Crippen LogP) is 1.18. The molecular weight excluding hydrogens is 424 g/mol. The molecule has 8 nitrogen and oxygen atoms in total. The lowest BCUT2D eigenvalue weighted by Crippen LogP contribution is -2.54. The van der Waals surface area contributed by atoms with Crippen LogP contribution in [0.4, 0.5) is 0 Å². The van der Waals surface area contributed by atoms with Crippen molar-refractivity contribution in [3.8, 4) is 5.75 Å². The molecule has 3 N–H and O–H groups in total. The summed E-state index contributed by atoms with van der Waals surface area (Å²) in [4.78, 5) is 38.9. The van der Waals surface area contributed by atoms with Crippen LogP contribution in [0.25, 0.3) is 0 Å². The Morgan fingerprint density at radius 1 is 1.00 bits per heavy atom. The SMILES string of the molecule is COc1ccc(CNC(=O)[C@H](O)C(O)C(=O)N2CCC(C(C)=O)(c3ccccc3)CC2)cc1. The number of nitrogens with zero attached hydrogens (tertiary/aromatic N) is 1. The Hall–Kier alpha value is -3.23. The molecule has 0 radical (unpaired) electrons. The van der Waals surface area contributed by atoms with Crippen LogP contribution in [-0.2, 0) is 26.3 Å². The summed E-state index contributed by atoms with van der Waals surface area (Å²) in [6, 6.07) is 16.4. The van der Waals surface area contributed by atoms with E-state index in [4.69, 9.17) is 4.74 Å². The van der Waals surface area contributed by atoms with Crippen LogP contribution in [0.15, 0.2) is 54.6 Å². The van der Waals surface area contributed by atoms with Crippen molar-refractivity contribution in [2.45, 2.75) is 43.9 Å². The van der Waals surface area contributed by atoms with Crippen LogP contribution >= 0.6 is 0 Å². The Balaban J connectivity index is 1.57. The maximum Gasteiger partial charge on any atom is 0.254 e. The number of Topliss-reactive ketones (excluding diaryl/α,β-unsaturated/α-hetero) is 1. The lowest BCUT2D eigenvalue weighted by atomic mass is 9.70. The lowest BCUT2D eigenvalue weighted by Gasteiger charge is -2.41. The number of carbonyl (C=O) groups is 3. The molecule has 1 aliphatic rings. The van der Waals surface area contributed by atoms with E-state index in [-0.39, 0.29) is 25.4 Å². The maximum atomic E-state index is 12.7. The second-order valence-corrected chi connectivity index (χ2v) is 8.29. The molecule has 1 aliphatic heterocycles. The minimum Gasteiger partial charge on any atom is -0.497 e. The smallest absolute Gasteiger partial charge is 0.254 e. The van der Waals surface area contributed by atoms with Crippen LogP contribution in [0.1, 0.15) is 30.9 Å². The summed E-state index contributed by atoms with van der Waals surface area (Å²) in [7, 11) is 1.55. The molecule has 176 valence electrons. The number of benzene rings is 2. The highest BCUT2D eigenvalue weighted by atomic mass is 16.5. The van der Waals surface area contributed by atoms with Gasteiger partial charge >= 0.3 is 0 Å². The third-order valence-electron chi connectivity index (χ3n) is 6.38. The van der Waals surface area contributed by atoms with Gasteiger partial charge in [0.25, 0.3) is 11.8 Å². The van der Waals surface area contributed by atoms with Crippen LogP contribution in [-0.4, -0.2) is 65.1 Å². The second-order valence-electron chi connectivity index (χ2n) is 8.29. The van der Waals surface area contributed by atoms with Gasteiger partial charge in [0.1, 0.15) is 11.5 Å². The third kappa shape index (κ3) is 5.40. The second kappa shape index (κ2) is 10.6. The average molecular weight is 455 g/mol.